The van der Waals surface area contributed by atoms with Crippen LogP contribution in [0.2, 0.25) is 0 Å². The third kappa shape index (κ3) is 3.77. The van der Waals surface area contributed by atoms with Crippen LogP contribution in [0, 0.1) is 0 Å². The lowest BCUT2D eigenvalue weighted by Crippen LogP contribution is -2.35. The summed E-state index contributed by atoms with van der Waals surface area (Å²) in [6, 6.07) is 0.337. The molecule has 1 aliphatic rings. The van der Waals surface area contributed by atoms with E-state index in [0.717, 1.165) is 32.1 Å². The molecule has 0 heterocycles. The number of carbonyl (C=O) groups excluding carboxylic acids is 1. The Kier molecular flexibility index (Phi) is 4.44. The fourth-order valence-corrected chi connectivity index (χ4v) is 1.61. The third-order valence-corrected chi connectivity index (χ3v) is 2.49. The normalized spacial score (nSPS) is 22.2. The Morgan fingerprint density at radius 1 is 1.36 bits per heavy atom. The van der Waals surface area contributed by atoms with E-state index in [0.29, 0.717) is 11.6 Å². The van der Waals surface area contributed by atoms with Crippen LogP contribution in [0.1, 0.15) is 39.0 Å². The minimum absolute atomic E-state index is 0.000414. The Morgan fingerprint density at radius 2 is 2.07 bits per heavy atom. The van der Waals surface area contributed by atoms with Crippen LogP contribution in [-0.4, -0.2) is 11.9 Å². The molecule has 1 rings (SSSR count). The van der Waals surface area contributed by atoms with E-state index < -0.39 is 0 Å². The largest absolute Gasteiger partial charge is 0.350 e. The zero-order chi connectivity index (χ0) is 10.4. The van der Waals surface area contributed by atoms with Gasteiger partial charge in [0.2, 0.25) is 5.91 Å². The van der Waals surface area contributed by atoms with Crippen molar-refractivity contribution in [3.05, 3.63) is 24.3 Å². The lowest BCUT2D eigenvalue weighted by atomic mass is 10.0. The van der Waals surface area contributed by atoms with E-state index in [4.69, 9.17) is 0 Å². The average molecular weight is 193 g/mol. The second-order valence-electron chi connectivity index (χ2n) is 3.93. The maximum Gasteiger partial charge on any atom is 0.246 e. The maximum atomic E-state index is 11.4. The molecule has 0 aromatic heterocycles. The minimum Gasteiger partial charge on any atom is -0.350 e. The number of hydrogen-bond acceptors (Lipinski definition) is 1. The van der Waals surface area contributed by atoms with Crippen LogP contribution in [0.3, 0.4) is 0 Å². The lowest BCUT2D eigenvalue weighted by molar-refractivity contribution is -0.118. The molecule has 1 N–H and O–H groups in total. The van der Waals surface area contributed by atoms with Gasteiger partial charge in [-0.2, -0.15) is 0 Å². The summed E-state index contributed by atoms with van der Waals surface area (Å²) < 4.78 is 0. The SMILES string of the molecule is C=C(C)C(=O)NC1CCC=CCCC1. The first-order valence-electron chi connectivity index (χ1n) is 5.31. The van der Waals surface area contributed by atoms with Crippen LogP contribution in [0.25, 0.3) is 0 Å². The summed E-state index contributed by atoms with van der Waals surface area (Å²) in [6.45, 7) is 5.38. The molecule has 2 nitrogen and oxygen atoms in total. The van der Waals surface area contributed by atoms with Crippen LogP contribution >= 0.6 is 0 Å². The number of carbonyl (C=O) groups is 1. The molecule has 1 unspecified atom stereocenters. The first kappa shape index (κ1) is 11.0. The van der Waals surface area contributed by atoms with Gasteiger partial charge in [-0.15, -0.1) is 0 Å². The summed E-state index contributed by atoms with van der Waals surface area (Å²) in [4.78, 5) is 11.4. The van der Waals surface area contributed by atoms with Crippen LogP contribution in [0.4, 0.5) is 0 Å². The van der Waals surface area contributed by atoms with Crippen molar-refractivity contribution in [1.29, 1.82) is 0 Å². The summed E-state index contributed by atoms with van der Waals surface area (Å²) in [5.41, 5.74) is 0.600. The Balaban J connectivity index is 2.39. The monoisotopic (exact) mass is 193 g/mol. The number of allylic oxidation sites excluding steroid dienone is 2. The van der Waals surface area contributed by atoms with Gasteiger partial charge in [-0.1, -0.05) is 18.7 Å². The molecule has 0 aliphatic heterocycles. The predicted molar refractivity (Wildman–Crippen MR) is 59.0 cm³/mol. The van der Waals surface area contributed by atoms with Gasteiger partial charge in [-0.3, -0.25) is 4.79 Å². The highest BCUT2D eigenvalue weighted by atomic mass is 16.1. The summed E-state index contributed by atoms with van der Waals surface area (Å²) in [5, 5.41) is 3.01. The van der Waals surface area contributed by atoms with Crippen molar-refractivity contribution >= 4 is 5.91 Å². The van der Waals surface area contributed by atoms with Crippen molar-refractivity contribution in [3.8, 4) is 0 Å². The van der Waals surface area contributed by atoms with Gasteiger partial charge in [0, 0.05) is 11.6 Å². The molecule has 0 fully saturated rings. The fourth-order valence-electron chi connectivity index (χ4n) is 1.61. The van der Waals surface area contributed by atoms with Gasteiger partial charge in [0.15, 0.2) is 0 Å². The Bertz CT molecular complexity index is 243. The topological polar surface area (TPSA) is 29.1 Å². The van der Waals surface area contributed by atoms with E-state index in [1.54, 1.807) is 6.92 Å². The van der Waals surface area contributed by atoms with Gasteiger partial charge < -0.3 is 5.32 Å². The van der Waals surface area contributed by atoms with Crippen LogP contribution < -0.4 is 5.32 Å². The summed E-state index contributed by atoms with van der Waals surface area (Å²) in [6.07, 6.45) is 9.95. The molecule has 0 saturated heterocycles. The molecule has 14 heavy (non-hydrogen) atoms. The van der Waals surface area contributed by atoms with E-state index >= 15 is 0 Å². The molecule has 0 bridgehead atoms. The Labute approximate surface area is 86.1 Å². The van der Waals surface area contributed by atoms with Crippen molar-refractivity contribution in [2.24, 2.45) is 0 Å². The molecule has 0 radical (unpaired) electrons. The highest BCUT2D eigenvalue weighted by molar-refractivity contribution is 5.92. The van der Waals surface area contributed by atoms with Gasteiger partial charge in [0.25, 0.3) is 0 Å². The van der Waals surface area contributed by atoms with E-state index in [2.05, 4.69) is 24.0 Å². The summed E-state index contributed by atoms with van der Waals surface area (Å²) >= 11 is 0. The minimum atomic E-state index is -0.000414. The highest BCUT2D eigenvalue weighted by Crippen LogP contribution is 2.12. The molecular weight excluding hydrogens is 174 g/mol. The molecule has 1 atom stereocenters. The standard InChI is InChI=1S/C12H19NO/c1-10(2)12(14)13-11-8-6-4-3-5-7-9-11/h3-4,11H,1,5-9H2,2H3,(H,13,14). The second-order valence-corrected chi connectivity index (χ2v) is 3.93. The first-order chi connectivity index (χ1) is 6.70. The molecule has 78 valence electrons. The Morgan fingerprint density at radius 3 is 2.79 bits per heavy atom. The zero-order valence-electron chi connectivity index (χ0n) is 8.88. The van der Waals surface area contributed by atoms with Gasteiger partial charge >= 0.3 is 0 Å². The smallest absolute Gasteiger partial charge is 0.246 e. The van der Waals surface area contributed by atoms with Crippen LogP contribution in [-0.2, 0) is 4.79 Å². The van der Waals surface area contributed by atoms with Crippen molar-refractivity contribution in [1.82, 2.24) is 5.32 Å². The molecule has 0 aromatic rings. The molecule has 0 saturated carbocycles. The predicted octanol–water partition coefficient (Wildman–Crippen LogP) is 2.57. The first-order valence-corrected chi connectivity index (χ1v) is 5.31. The molecule has 2 heteroatoms. The Hall–Kier alpha value is -1.05. The van der Waals surface area contributed by atoms with E-state index in [1.807, 2.05) is 0 Å². The van der Waals surface area contributed by atoms with Gasteiger partial charge in [0.05, 0.1) is 0 Å². The van der Waals surface area contributed by atoms with Crippen molar-refractivity contribution in [3.63, 3.8) is 0 Å². The molecule has 1 aliphatic carbocycles. The van der Waals surface area contributed by atoms with E-state index in [1.165, 1.54) is 0 Å². The molecule has 0 spiro atoms. The van der Waals surface area contributed by atoms with E-state index in [-0.39, 0.29) is 5.91 Å². The van der Waals surface area contributed by atoms with Crippen LogP contribution in [0.15, 0.2) is 24.3 Å². The zero-order valence-corrected chi connectivity index (χ0v) is 8.88. The number of rotatable bonds is 2. The molecule has 0 aromatic carbocycles. The molecular formula is C12H19NO. The number of nitrogens with one attached hydrogen (secondary N) is 1. The van der Waals surface area contributed by atoms with Crippen molar-refractivity contribution in [2.45, 2.75) is 45.1 Å². The number of amides is 1. The molecule has 1 amide bonds. The third-order valence-electron chi connectivity index (χ3n) is 2.49. The van der Waals surface area contributed by atoms with Gasteiger partial charge in [0.1, 0.15) is 0 Å². The maximum absolute atomic E-state index is 11.4. The van der Waals surface area contributed by atoms with Gasteiger partial charge in [-0.05, 0) is 39.0 Å². The summed E-state index contributed by atoms with van der Waals surface area (Å²) in [7, 11) is 0. The lowest BCUT2D eigenvalue weighted by Gasteiger charge is -2.19. The van der Waals surface area contributed by atoms with Crippen molar-refractivity contribution in [2.75, 3.05) is 0 Å². The van der Waals surface area contributed by atoms with E-state index in [9.17, 15) is 4.79 Å². The number of hydrogen-bond donors (Lipinski definition) is 1. The van der Waals surface area contributed by atoms with Gasteiger partial charge in [-0.25, -0.2) is 0 Å². The summed E-state index contributed by atoms with van der Waals surface area (Å²) in [5.74, 6) is -0.000414. The second kappa shape index (κ2) is 5.63. The van der Waals surface area contributed by atoms with Crippen molar-refractivity contribution < 1.29 is 4.79 Å². The fraction of sp³-hybridized carbons (Fsp3) is 0.583. The van der Waals surface area contributed by atoms with Crippen LogP contribution in [0.5, 0.6) is 0 Å². The quantitative estimate of drug-likeness (QED) is 0.530. The average Bonchev–Trinajstić information content (AvgIpc) is 2.08. The highest BCUT2D eigenvalue weighted by Gasteiger charge is 2.12.